The van der Waals surface area contributed by atoms with Crippen LogP contribution in [0.5, 0.6) is 0 Å². The molecule has 4 N–H and O–H groups in total. The number of hydrogen-bond acceptors (Lipinski definition) is 5. The molecule has 1 aliphatic rings. The summed E-state index contributed by atoms with van der Waals surface area (Å²) in [6.45, 7) is 1.65. The predicted octanol–water partition coefficient (Wildman–Crippen LogP) is -0.0740. The lowest BCUT2D eigenvalue weighted by Crippen LogP contribution is -2.58. The van der Waals surface area contributed by atoms with Gasteiger partial charge in [-0.2, -0.15) is 0 Å². The highest BCUT2D eigenvalue weighted by Gasteiger charge is 2.41. The second-order valence-corrected chi connectivity index (χ2v) is 4.24. The molecule has 0 amide bonds. The summed E-state index contributed by atoms with van der Waals surface area (Å²) in [6, 6.07) is 9.25. The monoisotopic (exact) mass is 239 g/mol. The maximum absolute atomic E-state index is 9.79. The number of aliphatic hydroxyl groups excluding tert-OH is 3. The van der Waals surface area contributed by atoms with Crippen molar-refractivity contribution >= 4 is 5.69 Å². The first-order valence-corrected chi connectivity index (χ1v) is 5.61. The predicted molar refractivity (Wildman–Crippen MR) is 62.4 cm³/mol. The van der Waals surface area contributed by atoms with Gasteiger partial charge in [-0.1, -0.05) is 18.2 Å². The second-order valence-electron chi connectivity index (χ2n) is 4.24. The van der Waals surface area contributed by atoms with Gasteiger partial charge < -0.3 is 25.4 Å². The molecule has 0 aliphatic carbocycles. The number of anilines is 1. The quantitative estimate of drug-likeness (QED) is 0.580. The highest BCUT2D eigenvalue weighted by atomic mass is 16.5. The van der Waals surface area contributed by atoms with Crippen LogP contribution in [0.3, 0.4) is 0 Å². The molecule has 0 radical (unpaired) electrons. The summed E-state index contributed by atoms with van der Waals surface area (Å²) in [5, 5.41) is 31.9. The summed E-state index contributed by atoms with van der Waals surface area (Å²) < 4.78 is 5.41. The number of aliphatic hydroxyl groups is 3. The smallest absolute Gasteiger partial charge is 0.157 e. The van der Waals surface area contributed by atoms with E-state index in [2.05, 4.69) is 5.32 Å². The molecular weight excluding hydrogens is 222 g/mol. The van der Waals surface area contributed by atoms with E-state index in [0.717, 1.165) is 5.69 Å². The molecule has 1 fully saturated rings. The lowest BCUT2D eigenvalue weighted by atomic mass is 9.99. The highest BCUT2D eigenvalue weighted by Crippen LogP contribution is 2.22. The van der Waals surface area contributed by atoms with Crippen molar-refractivity contribution in [2.24, 2.45) is 0 Å². The number of rotatable bonds is 2. The first-order chi connectivity index (χ1) is 8.09. The third-order valence-corrected chi connectivity index (χ3v) is 2.93. The van der Waals surface area contributed by atoms with Gasteiger partial charge >= 0.3 is 0 Å². The van der Waals surface area contributed by atoms with Crippen molar-refractivity contribution in [1.29, 1.82) is 0 Å². The third-order valence-electron chi connectivity index (χ3n) is 2.93. The van der Waals surface area contributed by atoms with Gasteiger partial charge in [0.05, 0.1) is 6.10 Å². The van der Waals surface area contributed by atoms with Crippen molar-refractivity contribution in [1.82, 2.24) is 0 Å². The zero-order valence-corrected chi connectivity index (χ0v) is 9.52. The Morgan fingerprint density at radius 1 is 1.00 bits per heavy atom. The van der Waals surface area contributed by atoms with Crippen LogP contribution in [0.4, 0.5) is 5.69 Å². The van der Waals surface area contributed by atoms with E-state index in [0.29, 0.717) is 0 Å². The third kappa shape index (κ3) is 2.58. The van der Waals surface area contributed by atoms with Crippen molar-refractivity contribution in [3.8, 4) is 0 Å². The van der Waals surface area contributed by atoms with Gasteiger partial charge in [0.1, 0.15) is 18.3 Å². The average molecular weight is 239 g/mol. The number of para-hydroxylation sites is 1. The highest BCUT2D eigenvalue weighted by molar-refractivity contribution is 5.43. The molecule has 0 spiro atoms. The van der Waals surface area contributed by atoms with E-state index >= 15 is 0 Å². The summed E-state index contributed by atoms with van der Waals surface area (Å²) in [4.78, 5) is 0. The molecule has 5 nitrogen and oxygen atoms in total. The van der Waals surface area contributed by atoms with E-state index < -0.39 is 30.6 Å². The average Bonchev–Trinajstić information content (AvgIpc) is 2.35. The van der Waals surface area contributed by atoms with Gasteiger partial charge in [-0.05, 0) is 19.1 Å². The number of nitrogens with one attached hydrogen (secondary N) is 1. The Labute approximate surface area is 99.7 Å². The van der Waals surface area contributed by atoms with Crippen molar-refractivity contribution in [2.45, 2.75) is 37.6 Å². The largest absolute Gasteiger partial charge is 0.388 e. The van der Waals surface area contributed by atoms with E-state index in [1.54, 1.807) is 6.92 Å². The van der Waals surface area contributed by atoms with Crippen molar-refractivity contribution < 1.29 is 20.1 Å². The van der Waals surface area contributed by atoms with Crippen LogP contribution in [0, 0.1) is 0 Å². The molecule has 5 unspecified atom stereocenters. The van der Waals surface area contributed by atoms with Crippen molar-refractivity contribution in [2.75, 3.05) is 5.32 Å². The van der Waals surface area contributed by atoms with Gasteiger partial charge in [-0.25, -0.2) is 0 Å². The Balaban J connectivity index is 2.06. The van der Waals surface area contributed by atoms with E-state index in [1.807, 2.05) is 30.3 Å². The van der Waals surface area contributed by atoms with Crippen LogP contribution in [0.25, 0.3) is 0 Å². The molecule has 94 valence electrons. The molecular formula is C12H17NO4. The molecule has 2 rings (SSSR count). The van der Waals surface area contributed by atoms with Crippen LogP contribution >= 0.6 is 0 Å². The number of ether oxygens (including phenoxy) is 1. The molecule has 0 saturated carbocycles. The first-order valence-electron chi connectivity index (χ1n) is 5.61. The minimum Gasteiger partial charge on any atom is -0.388 e. The van der Waals surface area contributed by atoms with Crippen LogP contribution in [0.2, 0.25) is 0 Å². The fraction of sp³-hybridized carbons (Fsp3) is 0.500. The fourth-order valence-electron chi connectivity index (χ4n) is 1.87. The van der Waals surface area contributed by atoms with Gasteiger partial charge in [-0.15, -0.1) is 0 Å². The zero-order valence-electron chi connectivity index (χ0n) is 9.52. The molecule has 5 atom stereocenters. The van der Waals surface area contributed by atoms with Crippen molar-refractivity contribution in [3.63, 3.8) is 0 Å². The van der Waals surface area contributed by atoms with E-state index in [4.69, 9.17) is 4.74 Å². The lowest BCUT2D eigenvalue weighted by molar-refractivity contribution is -0.209. The van der Waals surface area contributed by atoms with Gasteiger partial charge in [0.2, 0.25) is 0 Å². The van der Waals surface area contributed by atoms with Crippen LogP contribution in [-0.4, -0.2) is 46.0 Å². The molecule has 1 aromatic rings. The zero-order chi connectivity index (χ0) is 12.4. The summed E-state index contributed by atoms with van der Waals surface area (Å²) in [7, 11) is 0. The number of benzene rings is 1. The minimum atomic E-state index is -1.21. The summed E-state index contributed by atoms with van der Waals surface area (Å²) >= 11 is 0. The fourth-order valence-corrected chi connectivity index (χ4v) is 1.87. The van der Waals surface area contributed by atoms with Gasteiger partial charge in [-0.3, -0.25) is 0 Å². The van der Waals surface area contributed by atoms with E-state index in [-0.39, 0.29) is 0 Å². The van der Waals surface area contributed by atoms with Gasteiger partial charge in [0.25, 0.3) is 0 Å². The standard InChI is InChI=1S/C12H17NO4/c1-7-9(14)10(15)11(16)12(17-7)13-8-5-3-2-4-6-8/h2-7,9-16H,1H3. The normalized spacial score (nSPS) is 37.8. The van der Waals surface area contributed by atoms with Crippen LogP contribution < -0.4 is 5.32 Å². The van der Waals surface area contributed by atoms with Crippen LogP contribution in [0.15, 0.2) is 30.3 Å². The van der Waals surface area contributed by atoms with Gasteiger partial charge in [0.15, 0.2) is 6.23 Å². The van der Waals surface area contributed by atoms with Crippen LogP contribution in [0.1, 0.15) is 6.92 Å². The van der Waals surface area contributed by atoms with Gasteiger partial charge in [0, 0.05) is 5.69 Å². The maximum Gasteiger partial charge on any atom is 0.157 e. The Kier molecular flexibility index (Phi) is 3.63. The lowest BCUT2D eigenvalue weighted by Gasteiger charge is -2.39. The maximum atomic E-state index is 9.79. The Hall–Kier alpha value is -1.14. The molecule has 5 heteroatoms. The summed E-state index contributed by atoms with van der Waals surface area (Å²) in [5.41, 5.74) is 0.785. The molecule has 1 aliphatic heterocycles. The Bertz CT molecular complexity index is 359. The molecule has 1 saturated heterocycles. The first kappa shape index (κ1) is 12.3. The summed E-state index contributed by atoms with van der Waals surface area (Å²) in [6.07, 6.45) is -4.71. The Morgan fingerprint density at radius 2 is 1.65 bits per heavy atom. The molecule has 0 bridgehead atoms. The number of hydrogen-bond donors (Lipinski definition) is 4. The SMILES string of the molecule is CC1OC(Nc2ccccc2)C(O)C(O)C1O. The molecule has 17 heavy (non-hydrogen) atoms. The molecule has 1 heterocycles. The minimum absolute atomic E-state index is 0.533. The molecule has 0 aromatic heterocycles. The van der Waals surface area contributed by atoms with Crippen molar-refractivity contribution in [3.05, 3.63) is 30.3 Å². The Morgan fingerprint density at radius 3 is 2.29 bits per heavy atom. The second kappa shape index (κ2) is 5.01. The van der Waals surface area contributed by atoms with Crippen LogP contribution in [-0.2, 0) is 4.74 Å². The van der Waals surface area contributed by atoms with E-state index in [1.165, 1.54) is 0 Å². The molecule has 1 aromatic carbocycles. The summed E-state index contributed by atoms with van der Waals surface area (Å²) in [5.74, 6) is 0. The van der Waals surface area contributed by atoms with E-state index in [9.17, 15) is 15.3 Å². The topological polar surface area (TPSA) is 82.0 Å².